The molecule has 0 nitrogen and oxygen atoms in total. The van der Waals surface area contributed by atoms with E-state index in [2.05, 4.69) is 13.8 Å². The van der Waals surface area contributed by atoms with Gasteiger partial charge in [0, 0.05) is 0 Å². The second-order valence-corrected chi connectivity index (χ2v) is 5.18. The quantitative estimate of drug-likeness (QED) is 0.496. The maximum atomic E-state index is 2.53. The summed E-state index contributed by atoms with van der Waals surface area (Å²) >= 11 is 0. The molecule has 0 aromatic rings. The lowest BCUT2D eigenvalue weighted by atomic mass is 9.60. The molecular weight excluding hydrogens is 132 g/mol. The molecule has 2 aliphatic rings. The maximum absolute atomic E-state index is 2.53. The van der Waals surface area contributed by atoms with Crippen LogP contribution in [-0.2, 0) is 0 Å². The van der Waals surface area contributed by atoms with Crippen LogP contribution in [0.1, 0.15) is 58.8 Å². The van der Waals surface area contributed by atoms with Gasteiger partial charge in [-0.15, -0.1) is 0 Å². The molecule has 11 heavy (non-hydrogen) atoms. The Balaban J connectivity index is 2.24. The van der Waals surface area contributed by atoms with Gasteiger partial charge in [0.2, 0.25) is 0 Å². The van der Waals surface area contributed by atoms with Gasteiger partial charge in [-0.2, -0.15) is 0 Å². The van der Waals surface area contributed by atoms with Gasteiger partial charge >= 0.3 is 0 Å². The molecule has 0 heteroatoms. The lowest BCUT2D eigenvalue weighted by molar-refractivity contribution is 0.0520. The van der Waals surface area contributed by atoms with Crippen molar-refractivity contribution in [1.82, 2.24) is 0 Å². The minimum atomic E-state index is 0.727. The molecule has 0 heterocycles. The van der Waals surface area contributed by atoms with Gasteiger partial charge in [-0.05, 0) is 36.5 Å². The van der Waals surface area contributed by atoms with Gasteiger partial charge in [0.05, 0.1) is 0 Å². The fraction of sp³-hybridized carbons (Fsp3) is 1.00. The molecule has 0 bridgehead atoms. The van der Waals surface area contributed by atoms with Crippen LogP contribution in [0.25, 0.3) is 0 Å². The minimum absolute atomic E-state index is 0.727. The Morgan fingerprint density at radius 2 is 1.00 bits per heavy atom. The van der Waals surface area contributed by atoms with Gasteiger partial charge in [-0.3, -0.25) is 0 Å². The Morgan fingerprint density at radius 1 is 0.636 bits per heavy atom. The minimum Gasteiger partial charge on any atom is -0.0591 e. The van der Waals surface area contributed by atoms with Gasteiger partial charge < -0.3 is 0 Å². The number of fused-ring (bicyclic) bond motifs is 1. The highest BCUT2D eigenvalue weighted by Gasteiger charge is 2.48. The Labute approximate surface area is 70.4 Å². The molecule has 2 saturated carbocycles. The molecule has 64 valence electrons. The third-order valence-corrected chi connectivity index (χ3v) is 4.62. The van der Waals surface area contributed by atoms with Crippen molar-refractivity contribution in [2.45, 2.75) is 58.8 Å². The normalized spacial score (nSPS) is 50.7. The number of rotatable bonds is 0. The third-order valence-electron chi connectivity index (χ3n) is 4.62. The zero-order chi connectivity index (χ0) is 7.95. The van der Waals surface area contributed by atoms with Gasteiger partial charge in [0.25, 0.3) is 0 Å². The van der Waals surface area contributed by atoms with E-state index in [-0.39, 0.29) is 0 Å². The lowest BCUT2D eigenvalue weighted by Crippen LogP contribution is -2.35. The van der Waals surface area contributed by atoms with E-state index in [0.717, 1.165) is 10.8 Å². The van der Waals surface area contributed by atoms with Crippen LogP contribution in [0, 0.1) is 10.8 Å². The predicted octanol–water partition coefficient (Wildman–Crippen LogP) is 3.76. The summed E-state index contributed by atoms with van der Waals surface area (Å²) in [4.78, 5) is 0. The van der Waals surface area contributed by atoms with Crippen LogP contribution in [0.2, 0.25) is 0 Å². The SMILES string of the molecule is CC12CCCC[C@]1(C)CCC2. The molecule has 0 aromatic heterocycles. The van der Waals surface area contributed by atoms with E-state index in [0.29, 0.717) is 0 Å². The van der Waals surface area contributed by atoms with Gasteiger partial charge in [-0.1, -0.05) is 33.1 Å². The van der Waals surface area contributed by atoms with Gasteiger partial charge in [0.15, 0.2) is 0 Å². The summed E-state index contributed by atoms with van der Waals surface area (Å²) in [5.74, 6) is 0. The lowest BCUT2D eigenvalue weighted by Gasteiger charge is -2.45. The van der Waals surface area contributed by atoms with E-state index in [9.17, 15) is 0 Å². The Kier molecular flexibility index (Phi) is 1.56. The average Bonchev–Trinajstić information content (AvgIpc) is 2.25. The number of hydrogen-bond donors (Lipinski definition) is 0. The highest BCUT2D eigenvalue weighted by Crippen LogP contribution is 2.60. The molecule has 0 saturated heterocycles. The third kappa shape index (κ3) is 0.947. The standard InChI is InChI=1S/C11H20/c1-10-6-3-4-7-11(10,2)9-5-8-10/h3-9H2,1-2H3/t10-,11?/m1/s1. The van der Waals surface area contributed by atoms with Gasteiger partial charge in [-0.25, -0.2) is 0 Å². The first-order chi connectivity index (χ1) is 5.16. The topological polar surface area (TPSA) is 0 Å². The fourth-order valence-corrected chi connectivity index (χ4v) is 3.36. The smallest absolute Gasteiger partial charge is 0.0272 e. The van der Waals surface area contributed by atoms with Crippen molar-refractivity contribution in [2.75, 3.05) is 0 Å². The van der Waals surface area contributed by atoms with Crippen LogP contribution in [0.3, 0.4) is 0 Å². The average molecular weight is 152 g/mol. The van der Waals surface area contributed by atoms with Crippen molar-refractivity contribution in [2.24, 2.45) is 10.8 Å². The van der Waals surface area contributed by atoms with Crippen molar-refractivity contribution in [1.29, 1.82) is 0 Å². The number of hydrogen-bond acceptors (Lipinski definition) is 0. The van der Waals surface area contributed by atoms with Crippen LogP contribution in [0.5, 0.6) is 0 Å². The summed E-state index contributed by atoms with van der Waals surface area (Å²) in [6.07, 6.45) is 10.5. The van der Waals surface area contributed by atoms with E-state index in [1.165, 1.54) is 44.9 Å². The van der Waals surface area contributed by atoms with Crippen molar-refractivity contribution in [3.8, 4) is 0 Å². The molecule has 0 N–H and O–H groups in total. The summed E-state index contributed by atoms with van der Waals surface area (Å²) in [5.41, 5.74) is 1.45. The molecule has 1 unspecified atom stereocenters. The molecule has 0 aromatic carbocycles. The van der Waals surface area contributed by atoms with E-state index < -0.39 is 0 Å². The first-order valence-electron chi connectivity index (χ1n) is 5.16. The Bertz CT molecular complexity index is 143. The molecule has 0 amide bonds. The van der Waals surface area contributed by atoms with Crippen molar-refractivity contribution in [3.05, 3.63) is 0 Å². The van der Waals surface area contributed by atoms with E-state index >= 15 is 0 Å². The van der Waals surface area contributed by atoms with Crippen LogP contribution in [-0.4, -0.2) is 0 Å². The van der Waals surface area contributed by atoms with E-state index in [1.54, 1.807) is 0 Å². The zero-order valence-electron chi connectivity index (χ0n) is 7.95. The van der Waals surface area contributed by atoms with Gasteiger partial charge in [0.1, 0.15) is 0 Å². The Hall–Kier alpha value is 0. The monoisotopic (exact) mass is 152 g/mol. The highest BCUT2D eigenvalue weighted by atomic mass is 14.5. The van der Waals surface area contributed by atoms with Crippen LogP contribution < -0.4 is 0 Å². The van der Waals surface area contributed by atoms with Crippen molar-refractivity contribution < 1.29 is 0 Å². The van der Waals surface area contributed by atoms with E-state index in [1.807, 2.05) is 0 Å². The van der Waals surface area contributed by atoms with Crippen LogP contribution >= 0.6 is 0 Å². The van der Waals surface area contributed by atoms with Crippen molar-refractivity contribution in [3.63, 3.8) is 0 Å². The predicted molar refractivity (Wildman–Crippen MR) is 48.5 cm³/mol. The van der Waals surface area contributed by atoms with Crippen molar-refractivity contribution >= 4 is 0 Å². The summed E-state index contributed by atoms with van der Waals surface area (Å²) in [5, 5.41) is 0. The van der Waals surface area contributed by atoms with Crippen LogP contribution in [0.4, 0.5) is 0 Å². The first kappa shape index (κ1) is 7.64. The summed E-state index contributed by atoms with van der Waals surface area (Å²) in [6, 6.07) is 0. The molecule has 2 rings (SSSR count). The van der Waals surface area contributed by atoms with Crippen LogP contribution in [0.15, 0.2) is 0 Å². The Morgan fingerprint density at radius 3 is 1.45 bits per heavy atom. The molecule has 0 spiro atoms. The molecule has 0 aliphatic heterocycles. The molecular formula is C11H20. The first-order valence-corrected chi connectivity index (χ1v) is 5.16. The maximum Gasteiger partial charge on any atom is -0.0272 e. The second-order valence-electron chi connectivity index (χ2n) is 5.18. The summed E-state index contributed by atoms with van der Waals surface area (Å²) in [6.45, 7) is 5.05. The molecule has 2 fully saturated rings. The molecule has 2 atom stereocenters. The van der Waals surface area contributed by atoms with E-state index in [4.69, 9.17) is 0 Å². The summed E-state index contributed by atoms with van der Waals surface area (Å²) in [7, 11) is 0. The molecule has 2 aliphatic carbocycles. The summed E-state index contributed by atoms with van der Waals surface area (Å²) < 4.78 is 0. The fourth-order valence-electron chi connectivity index (χ4n) is 3.36. The zero-order valence-corrected chi connectivity index (χ0v) is 7.95. The largest absolute Gasteiger partial charge is 0.0591 e. The molecule has 0 radical (unpaired) electrons. The highest BCUT2D eigenvalue weighted by molar-refractivity contribution is 4.99. The second kappa shape index (κ2) is 2.24.